The lowest BCUT2D eigenvalue weighted by atomic mass is 10.3. The van der Waals surface area contributed by atoms with E-state index in [-0.39, 0.29) is 43.2 Å². The molecule has 0 spiro atoms. The first-order valence-corrected chi connectivity index (χ1v) is 10.6. The Morgan fingerprint density at radius 3 is 0.931 bits per heavy atom. The minimum atomic E-state index is -0.474. The molecule has 29 heavy (non-hydrogen) atoms. The smallest absolute Gasteiger partial charge is 0.0781 e. The summed E-state index contributed by atoms with van der Waals surface area (Å²) in [5, 5.41) is 18.1. The summed E-state index contributed by atoms with van der Waals surface area (Å²) in [6.45, 7) is 15.8. The van der Waals surface area contributed by atoms with Crippen molar-refractivity contribution in [1.82, 2.24) is 0 Å². The second-order valence-corrected chi connectivity index (χ2v) is 7.90. The molecule has 7 atom stereocenters. The van der Waals surface area contributed by atoms with E-state index in [1.165, 1.54) is 0 Å². The zero-order valence-corrected chi connectivity index (χ0v) is 19.3. The van der Waals surface area contributed by atoms with Gasteiger partial charge >= 0.3 is 0 Å². The van der Waals surface area contributed by atoms with Crippen LogP contribution < -0.4 is 0 Å². The standard InChI is InChI=1S/C21H44O8/c1-15(23)9-24-17(3)11-26-19(5)13-28-21(7)14-29-20(6)12-27-18(4)10-25-16(2)8-22/h15-23H,8-14H2,1-7H3. The molecule has 0 aliphatic rings. The second-order valence-electron chi connectivity index (χ2n) is 7.90. The van der Waals surface area contributed by atoms with E-state index in [1.807, 2.05) is 41.5 Å². The van der Waals surface area contributed by atoms with Gasteiger partial charge in [-0.3, -0.25) is 0 Å². The van der Waals surface area contributed by atoms with Crippen molar-refractivity contribution in [2.24, 2.45) is 0 Å². The van der Waals surface area contributed by atoms with Crippen LogP contribution in [0.5, 0.6) is 0 Å². The highest BCUT2D eigenvalue weighted by Gasteiger charge is 2.13. The summed E-state index contributed by atoms with van der Waals surface area (Å²) in [6.07, 6.45) is -0.963. The van der Waals surface area contributed by atoms with Gasteiger partial charge in [-0.1, -0.05) is 0 Å². The number of aliphatic hydroxyl groups is 2. The Bertz CT molecular complexity index is 369. The molecule has 0 aromatic heterocycles. The van der Waals surface area contributed by atoms with Gasteiger partial charge < -0.3 is 38.6 Å². The third kappa shape index (κ3) is 18.2. The highest BCUT2D eigenvalue weighted by molar-refractivity contribution is 4.58. The molecule has 2 N–H and O–H groups in total. The summed E-state index contributed by atoms with van der Waals surface area (Å²) in [5.74, 6) is 0. The molecule has 0 radical (unpaired) electrons. The first-order chi connectivity index (χ1) is 13.6. The van der Waals surface area contributed by atoms with Gasteiger partial charge in [-0.25, -0.2) is 0 Å². The maximum Gasteiger partial charge on any atom is 0.0781 e. The molecule has 0 heterocycles. The van der Waals surface area contributed by atoms with Crippen LogP contribution in [0.4, 0.5) is 0 Å². The maximum atomic E-state index is 9.21. The number of hydrogen-bond acceptors (Lipinski definition) is 8. The molecule has 176 valence electrons. The van der Waals surface area contributed by atoms with Crippen molar-refractivity contribution in [1.29, 1.82) is 0 Å². The number of hydrogen-bond donors (Lipinski definition) is 2. The van der Waals surface area contributed by atoms with Crippen LogP contribution in [-0.2, 0) is 28.4 Å². The fraction of sp³-hybridized carbons (Fsp3) is 1.00. The van der Waals surface area contributed by atoms with E-state index in [2.05, 4.69) is 0 Å². The summed E-state index contributed by atoms with van der Waals surface area (Å²) < 4.78 is 33.8. The van der Waals surface area contributed by atoms with Gasteiger partial charge in [0.05, 0.1) is 89.0 Å². The molecule has 0 aromatic rings. The highest BCUT2D eigenvalue weighted by atomic mass is 16.6. The summed E-state index contributed by atoms with van der Waals surface area (Å²) in [5.41, 5.74) is 0. The molecular weight excluding hydrogens is 380 g/mol. The van der Waals surface area contributed by atoms with Crippen LogP contribution in [0.2, 0.25) is 0 Å². The van der Waals surface area contributed by atoms with E-state index >= 15 is 0 Å². The van der Waals surface area contributed by atoms with Gasteiger partial charge in [-0.2, -0.15) is 0 Å². The minimum Gasteiger partial charge on any atom is -0.394 e. The van der Waals surface area contributed by atoms with Crippen LogP contribution in [0.25, 0.3) is 0 Å². The van der Waals surface area contributed by atoms with Gasteiger partial charge in [-0.15, -0.1) is 0 Å². The number of aliphatic hydroxyl groups excluding tert-OH is 2. The molecule has 8 nitrogen and oxygen atoms in total. The Balaban J connectivity index is 3.76. The van der Waals surface area contributed by atoms with Crippen molar-refractivity contribution in [3.63, 3.8) is 0 Å². The molecule has 0 saturated carbocycles. The van der Waals surface area contributed by atoms with E-state index in [0.717, 1.165) is 0 Å². The molecule has 0 aliphatic heterocycles. The first-order valence-electron chi connectivity index (χ1n) is 10.6. The van der Waals surface area contributed by atoms with Gasteiger partial charge in [0.25, 0.3) is 0 Å². The van der Waals surface area contributed by atoms with E-state index in [9.17, 15) is 5.11 Å². The highest BCUT2D eigenvalue weighted by Crippen LogP contribution is 2.04. The normalized spacial score (nSPS) is 19.3. The molecule has 0 fully saturated rings. The van der Waals surface area contributed by atoms with Crippen LogP contribution in [0.1, 0.15) is 48.5 Å². The monoisotopic (exact) mass is 424 g/mol. The Morgan fingerprint density at radius 1 is 0.448 bits per heavy atom. The van der Waals surface area contributed by atoms with Gasteiger partial charge in [0, 0.05) is 0 Å². The van der Waals surface area contributed by atoms with Gasteiger partial charge in [-0.05, 0) is 48.5 Å². The predicted molar refractivity (Wildman–Crippen MR) is 111 cm³/mol. The lowest BCUT2D eigenvalue weighted by molar-refractivity contribution is -0.105. The molecule has 0 aromatic carbocycles. The van der Waals surface area contributed by atoms with Crippen molar-refractivity contribution in [3.8, 4) is 0 Å². The van der Waals surface area contributed by atoms with Crippen molar-refractivity contribution in [2.75, 3.05) is 46.2 Å². The third-order valence-corrected chi connectivity index (χ3v) is 3.96. The van der Waals surface area contributed by atoms with Crippen molar-refractivity contribution < 1.29 is 38.6 Å². The molecule has 7 unspecified atom stereocenters. The van der Waals surface area contributed by atoms with Crippen LogP contribution >= 0.6 is 0 Å². The molecule has 8 heteroatoms. The summed E-state index contributed by atoms with van der Waals surface area (Å²) in [7, 11) is 0. The Morgan fingerprint density at radius 2 is 0.690 bits per heavy atom. The molecule has 0 aliphatic carbocycles. The minimum absolute atomic E-state index is 0.00355. The largest absolute Gasteiger partial charge is 0.394 e. The summed E-state index contributed by atoms with van der Waals surface area (Å²) in [6, 6.07) is 0. The fourth-order valence-electron chi connectivity index (χ4n) is 2.10. The maximum absolute atomic E-state index is 9.21. The topological polar surface area (TPSA) is 95.8 Å². The van der Waals surface area contributed by atoms with E-state index in [0.29, 0.717) is 39.6 Å². The Hall–Kier alpha value is -0.320. The molecule has 0 rings (SSSR count). The van der Waals surface area contributed by atoms with E-state index < -0.39 is 6.10 Å². The second kappa shape index (κ2) is 17.4. The number of ether oxygens (including phenoxy) is 6. The van der Waals surface area contributed by atoms with Crippen LogP contribution in [0, 0.1) is 0 Å². The average molecular weight is 425 g/mol. The van der Waals surface area contributed by atoms with E-state index in [4.69, 9.17) is 33.5 Å². The van der Waals surface area contributed by atoms with Crippen LogP contribution in [-0.4, -0.2) is 99.2 Å². The van der Waals surface area contributed by atoms with Crippen molar-refractivity contribution in [2.45, 2.75) is 91.2 Å². The molecule has 0 amide bonds. The molecular formula is C21H44O8. The Kier molecular flexibility index (Phi) is 17.2. The first kappa shape index (κ1) is 28.7. The van der Waals surface area contributed by atoms with Gasteiger partial charge in [0.15, 0.2) is 0 Å². The molecule has 0 bridgehead atoms. The lowest BCUT2D eigenvalue weighted by Gasteiger charge is -2.22. The van der Waals surface area contributed by atoms with Crippen molar-refractivity contribution >= 4 is 0 Å². The van der Waals surface area contributed by atoms with Crippen LogP contribution in [0.3, 0.4) is 0 Å². The predicted octanol–water partition coefficient (Wildman–Crippen LogP) is 1.79. The van der Waals surface area contributed by atoms with Gasteiger partial charge in [0.1, 0.15) is 0 Å². The molecule has 0 saturated heterocycles. The fourth-order valence-corrected chi connectivity index (χ4v) is 2.10. The third-order valence-electron chi connectivity index (χ3n) is 3.96. The number of rotatable bonds is 19. The van der Waals surface area contributed by atoms with Gasteiger partial charge in [0.2, 0.25) is 0 Å². The zero-order valence-electron chi connectivity index (χ0n) is 19.3. The van der Waals surface area contributed by atoms with Crippen LogP contribution in [0.15, 0.2) is 0 Å². The van der Waals surface area contributed by atoms with E-state index in [1.54, 1.807) is 6.92 Å². The summed E-state index contributed by atoms with van der Waals surface area (Å²) >= 11 is 0. The summed E-state index contributed by atoms with van der Waals surface area (Å²) in [4.78, 5) is 0. The Labute approximate surface area is 176 Å². The lowest BCUT2D eigenvalue weighted by Crippen LogP contribution is -2.30. The SMILES string of the molecule is CC(O)COC(C)COC(C)COC(C)COC(C)COC(C)COC(C)CO. The quantitative estimate of drug-likeness (QED) is 0.324. The average Bonchev–Trinajstić information content (AvgIpc) is 2.69. The zero-order chi connectivity index (χ0) is 22.2. The van der Waals surface area contributed by atoms with Crippen molar-refractivity contribution in [3.05, 3.63) is 0 Å².